The van der Waals surface area contributed by atoms with Gasteiger partial charge in [-0.2, -0.15) is 0 Å². The van der Waals surface area contributed by atoms with Gasteiger partial charge in [0.15, 0.2) is 0 Å². The van der Waals surface area contributed by atoms with Crippen molar-refractivity contribution in [3.8, 4) is 0 Å². The van der Waals surface area contributed by atoms with Crippen LogP contribution in [0.3, 0.4) is 0 Å². The molecule has 1 heterocycles. The van der Waals surface area contributed by atoms with Gasteiger partial charge in [0.1, 0.15) is 5.15 Å². The maximum Gasteiger partial charge on any atom is 0.493 e. The molecular weight excluding hydrogens is 204 g/mol. The molecule has 0 aliphatic carbocycles. The molecule has 0 bridgehead atoms. The summed E-state index contributed by atoms with van der Waals surface area (Å²) < 4.78 is 58.6. The molecule has 0 atom stereocenters. The zero-order valence-corrected chi connectivity index (χ0v) is 7.52. The van der Waals surface area contributed by atoms with Crippen LogP contribution >= 0.6 is 11.6 Å². The summed E-state index contributed by atoms with van der Waals surface area (Å²) in [4.78, 5) is 6.81. The molecule has 0 fully saturated rings. The van der Waals surface area contributed by atoms with E-state index in [0.29, 0.717) is 0 Å². The van der Waals surface area contributed by atoms with Gasteiger partial charge in [0.25, 0.3) is 0 Å². The molecule has 0 saturated heterocycles. The van der Waals surface area contributed by atoms with Crippen molar-refractivity contribution < 1.29 is 21.0 Å². The van der Waals surface area contributed by atoms with Crippen molar-refractivity contribution in [1.29, 1.82) is 0 Å². The molecule has 0 radical (unpaired) electrons. The lowest BCUT2D eigenvalue weighted by Gasteiger charge is -2.14. The number of aromatic nitrogens is 2. The standard InChI is InChI=1S/C7H11BClN3O2/c1-3-12(2)7-10-4-5(8(13)14)6(9)11-7/h4,13-14H,3H2,1-2H3/i1D3,2D3,3D2. The molecule has 1 aromatic heterocycles. The van der Waals surface area contributed by atoms with Crippen LogP contribution in [-0.2, 0) is 0 Å². The summed E-state index contributed by atoms with van der Waals surface area (Å²) in [5.74, 6) is -0.824. The van der Waals surface area contributed by atoms with Crippen molar-refractivity contribution >= 4 is 30.1 Å². The largest absolute Gasteiger partial charge is 0.493 e. The smallest absolute Gasteiger partial charge is 0.423 e. The first-order chi connectivity index (χ1) is 9.69. The van der Waals surface area contributed by atoms with Crippen molar-refractivity contribution in [2.24, 2.45) is 0 Å². The Morgan fingerprint density at radius 3 is 3.07 bits per heavy atom. The Morgan fingerprint density at radius 2 is 2.57 bits per heavy atom. The Morgan fingerprint density at radius 1 is 1.79 bits per heavy atom. The number of halogens is 1. The number of anilines is 1. The Labute approximate surface area is 98.7 Å². The quantitative estimate of drug-likeness (QED) is 0.522. The zero-order valence-electron chi connectivity index (χ0n) is 14.8. The third-order valence-electron chi connectivity index (χ3n) is 1.35. The second-order valence-corrected chi connectivity index (χ2v) is 2.60. The third-order valence-corrected chi connectivity index (χ3v) is 1.65. The van der Waals surface area contributed by atoms with Gasteiger partial charge in [0.2, 0.25) is 5.95 Å². The van der Waals surface area contributed by atoms with Gasteiger partial charge < -0.3 is 14.9 Å². The van der Waals surface area contributed by atoms with Crippen LogP contribution < -0.4 is 10.4 Å². The molecule has 14 heavy (non-hydrogen) atoms. The van der Waals surface area contributed by atoms with Crippen molar-refractivity contribution in [2.45, 2.75) is 6.85 Å². The van der Waals surface area contributed by atoms with Gasteiger partial charge >= 0.3 is 7.12 Å². The fourth-order valence-corrected chi connectivity index (χ4v) is 0.915. The van der Waals surface area contributed by atoms with E-state index in [1.807, 2.05) is 0 Å². The highest BCUT2D eigenvalue weighted by Crippen LogP contribution is 2.07. The van der Waals surface area contributed by atoms with Crippen LogP contribution in [-0.4, -0.2) is 40.6 Å². The Kier molecular flexibility index (Phi) is 1.42. The van der Waals surface area contributed by atoms with Crippen LogP contribution in [0, 0.1) is 0 Å². The van der Waals surface area contributed by atoms with Crippen LogP contribution in [0.5, 0.6) is 0 Å². The van der Waals surface area contributed by atoms with E-state index in [1.54, 1.807) is 0 Å². The Hall–Kier alpha value is -0.845. The molecule has 0 spiro atoms. The minimum absolute atomic E-state index is 0.105. The lowest BCUT2D eigenvalue weighted by Crippen LogP contribution is -2.33. The molecule has 1 aromatic rings. The minimum Gasteiger partial charge on any atom is -0.423 e. The van der Waals surface area contributed by atoms with E-state index in [-0.39, 0.29) is 10.4 Å². The van der Waals surface area contributed by atoms with E-state index in [9.17, 15) is 0 Å². The average molecular weight is 223 g/mol. The van der Waals surface area contributed by atoms with E-state index in [2.05, 4.69) is 9.97 Å². The molecule has 0 aliphatic rings. The predicted molar refractivity (Wildman–Crippen MR) is 55.8 cm³/mol. The summed E-state index contributed by atoms with van der Waals surface area (Å²) >= 11 is 5.64. The van der Waals surface area contributed by atoms with Crippen molar-refractivity contribution in [2.75, 3.05) is 18.4 Å². The van der Waals surface area contributed by atoms with E-state index in [4.69, 9.17) is 32.6 Å². The first kappa shape index (κ1) is 4.34. The monoisotopic (exact) mass is 223 g/mol. The normalized spacial score (nSPS) is 21.4. The van der Waals surface area contributed by atoms with E-state index in [0.717, 1.165) is 6.20 Å². The Bertz CT molecular complexity index is 552. The van der Waals surface area contributed by atoms with Crippen LogP contribution in [0.4, 0.5) is 5.95 Å². The van der Waals surface area contributed by atoms with Crippen molar-refractivity contribution in [3.05, 3.63) is 11.3 Å². The molecule has 0 unspecified atom stereocenters. The van der Waals surface area contributed by atoms with Crippen molar-refractivity contribution in [1.82, 2.24) is 9.97 Å². The highest BCUT2D eigenvalue weighted by molar-refractivity contribution is 6.62. The zero-order chi connectivity index (χ0) is 17.5. The maximum atomic E-state index is 8.99. The highest BCUT2D eigenvalue weighted by atomic mass is 35.5. The molecular formula is C7H11BClN3O2. The summed E-state index contributed by atoms with van der Waals surface area (Å²) in [5, 5.41) is 17.4. The number of hydrogen-bond acceptors (Lipinski definition) is 5. The summed E-state index contributed by atoms with van der Waals surface area (Å²) in [6.45, 7) is -9.85. The topological polar surface area (TPSA) is 69.5 Å². The van der Waals surface area contributed by atoms with Gasteiger partial charge in [-0.1, -0.05) is 11.6 Å². The molecule has 0 saturated carbocycles. The average Bonchev–Trinajstić information content (AvgIpc) is 2.24. The molecule has 1 rings (SSSR count). The summed E-state index contributed by atoms with van der Waals surface area (Å²) in [6.07, 6.45) is 0.768. The van der Waals surface area contributed by atoms with E-state index >= 15 is 0 Å². The predicted octanol–water partition coefficient (Wildman–Crippen LogP) is -0.734. The molecule has 5 nitrogen and oxygen atoms in total. The number of hydrogen-bond donors (Lipinski definition) is 2. The summed E-state index contributed by atoms with van der Waals surface area (Å²) in [6, 6.07) is 0. The van der Waals surface area contributed by atoms with Crippen LogP contribution in [0.1, 0.15) is 17.8 Å². The molecule has 0 aliphatic heterocycles. The fraction of sp³-hybridized carbons (Fsp3) is 0.429. The van der Waals surface area contributed by atoms with Crippen molar-refractivity contribution in [3.63, 3.8) is 0 Å². The van der Waals surface area contributed by atoms with Crippen LogP contribution in [0.25, 0.3) is 0 Å². The third kappa shape index (κ3) is 2.34. The second-order valence-electron chi connectivity index (χ2n) is 2.24. The maximum absolute atomic E-state index is 8.99. The van der Waals surface area contributed by atoms with Gasteiger partial charge in [0.05, 0.1) is 0 Å². The van der Waals surface area contributed by atoms with Crippen LogP contribution in [0.2, 0.25) is 5.15 Å². The van der Waals surface area contributed by atoms with Gasteiger partial charge in [-0.15, -0.1) is 0 Å². The molecule has 76 valence electrons. The SMILES string of the molecule is [2H]C([2H])([2H])N(c1ncc(B(O)O)c(Cl)n1)C([2H])([2H])C([2H])([2H])[2H]. The minimum atomic E-state index is -3.32. The molecule has 7 heteroatoms. The second kappa shape index (κ2) is 4.59. The van der Waals surface area contributed by atoms with Gasteiger partial charge in [0, 0.05) is 36.1 Å². The Balaban J connectivity index is 3.47. The molecule has 0 aromatic carbocycles. The van der Waals surface area contributed by atoms with Gasteiger partial charge in [-0.3, -0.25) is 0 Å². The molecule has 2 N–H and O–H groups in total. The number of rotatable bonds is 3. The lowest BCUT2D eigenvalue weighted by atomic mass is 9.83. The molecule has 0 amide bonds. The summed E-state index contributed by atoms with van der Waals surface area (Å²) in [5.41, 5.74) is -0.342. The first-order valence-electron chi connectivity index (χ1n) is 7.38. The fourth-order valence-electron chi connectivity index (χ4n) is 0.693. The van der Waals surface area contributed by atoms with Gasteiger partial charge in [-0.25, -0.2) is 9.97 Å². The highest BCUT2D eigenvalue weighted by Gasteiger charge is 2.17. The lowest BCUT2D eigenvalue weighted by molar-refractivity contribution is 0.425. The van der Waals surface area contributed by atoms with E-state index in [1.165, 1.54) is 0 Å². The van der Waals surface area contributed by atoms with Gasteiger partial charge in [-0.05, 0) is 6.85 Å². The van der Waals surface area contributed by atoms with Crippen LogP contribution in [0.15, 0.2) is 6.20 Å². The number of nitrogens with zero attached hydrogens (tertiary/aromatic N) is 3. The van der Waals surface area contributed by atoms with E-state index < -0.39 is 38.5 Å². The first-order valence-corrected chi connectivity index (χ1v) is 3.76. The summed E-state index contributed by atoms with van der Waals surface area (Å²) in [7, 11) is -2.03.